The molecule has 5 N–H and O–H groups in total. The minimum absolute atomic E-state index is 0.00772. The van der Waals surface area contributed by atoms with Crippen LogP contribution in [0, 0.1) is 0 Å². The highest BCUT2D eigenvalue weighted by atomic mass is 32.2. The molecule has 0 aliphatic rings. The van der Waals surface area contributed by atoms with Crippen molar-refractivity contribution in [2.75, 3.05) is 12.4 Å². The van der Waals surface area contributed by atoms with Gasteiger partial charge < -0.3 is 15.2 Å². The number of nitrogens with zero attached hydrogens (tertiary/aromatic N) is 2. The lowest BCUT2D eigenvalue weighted by molar-refractivity contribution is -0.114. The number of ether oxygens (including phenoxy) is 1. The van der Waals surface area contributed by atoms with Gasteiger partial charge in [0.2, 0.25) is 5.91 Å². The first-order valence-electron chi connectivity index (χ1n) is 9.57. The van der Waals surface area contributed by atoms with Crippen molar-refractivity contribution in [3.63, 3.8) is 0 Å². The molecule has 0 radical (unpaired) electrons. The van der Waals surface area contributed by atoms with Crippen LogP contribution in [0.4, 0.5) is 17.1 Å². The summed E-state index contributed by atoms with van der Waals surface area (Å²) in [6, 6.07) is 5.37. The van der Waals surface area contributed by atoms with Crippen molar-refractivity contribution >= 4 is 64.1 Å². The molecule has 198 valence electrons. The van der Waals surface area contributed by atoms with Crippen molar-refractivity contribution in [2.24, 2.45) is 10.2 Å². The number of carbonyl (C=O) groups excluding carboxylic acids is 1. The third kappa shape index (κ3) is 6.01. The molecule has 0 heterocycles. The van der Waals surface area contributed by atoms with Crippen LogP contribution in [0.3, 0.4) is 0 Å². The van der Waals surface area contributed by atoms with Gasteiger partial charge in [0, 0.05) is 18.4 Å². The first kappa shape index (κ1) is 27.9. The molecular weight excluding hydrogens is 558 g/mol. The van der Waals surface area contributed by atoms with Gasteiger partial charge in [0.1, 0.15) is 26.9 Å². The Morgan fingerprint density at radius 1 is 0.865 bits per heavy atom. The maximum Gasteiger partial charge on any atom is 0.296 e. The molecular formula is C19H17N3O12S3. The predicted molar refractivity (Wildman–Crippen MR) is 127 cm³/mol. The van der Waals surface area contributed by atoms with Crippen molar-refractivity contribution in [3.8, 4) is 11.5 Å². The van der Waals surface area contributed by atoms with Gasteiger partial charge in [-0.2, -0.15) is 25.3 Å². The van der Waals surface area contributed by atoms with Gasteiger partial charge in [-0.3, -0.25) is 18.5 Å². The number of carbonyl (C=O) groups is 1. The highest BCUT2D eigenvalue weighted by molar-refractivity contribution is 7.86. The Morgan fingerprint density at radius 2 is 1.49 bits per heavy atom. The second kappa shape index (κ2) is 9.65. The summed E-state index contributed by atoms with van der Waals surface area (Å²) < 4.78 is 105. The molecule has 18 heteroatoms. The standard InChI is InChI=1S/C19H17N3O12S3/c1-9(23)20-14-8-12(35(25,26)27)5-10-6-16(37(31,32)33)18(19(24)17(10)14)22-21-13-4-3-11(34-2)7-15(13)36(28,29)30/h3-8,24H,1-2H3,(H,20,23)(H,25,26,27)(H,28,29,30)(H,31,32,33). The highest BCUT2D eigenvalue weighted by Gasteiger charge is 2.26. The van der Waals surface area contributed by atoms with Crippen molar-refractivity contribution in [1.82, 2.24) is 0 Å². The van der Waals surface area contributed by atoms with Crippen LogP contribution in [-0.4, -0.2) is 57.0 Å². The number of phenols is 1. The first-order valence-corrected chi connectivity index (χ1v) is 13.9. The summed E-state index contributed by atoms with van der Waals surface area (Å²) in [6.07, 6.45) is 0. The lowest BCUT2D eigenvalue weighted by atomic mass is 10.1. The Bertz CT molecular complexity index is 1800. The summed E-state index contributed by atoms with van der Waals surface area (Å²) in [6.45, 7) is 1.04. The number of amides is 1. The lowest BCUT2D eigenvalue weighted by Gasteiger charge is -2.14. The molecule has 3 aromatic rings. The van der Waals surface area contributed by atoms with Gasteiger partial charge in [-0.1, -0.05) is 0 Å². The summed E-state index contributed by atoms with van der Waals surface area (Å²) in [5.41, 5.74) is -1.84. The average molecular weight is 576 g/mol. The predicted octanol–water partition coefficient (Wildman–Crippen LogP) is 2.67. The monoisotopic (exact) mass is 575 g/mol. The summed E-state index contributed by atoms with van der Waals surface area (Å²) in [4.78, 5) is 9.00. The van der Waals surface area contributed by atoms with Gasteiger partial charge in [-0.15, -0.1) is 10.2 Å². The maximum atomic E-state index is 12.1. The summed E-state index contributed by atoms with van der Waals surface area (Å²) >= 11 is 0. The molecule has 3 rings (SSSR count). The Kier molecular flexibility index (Phi) is 7.28. The molecule has 0 atom stereocenters. The SMILES string of the molecule is COc1ccc(N=Nc2c(S(=O)(=O)O)cc3cc(S(=O)(=O)O)cc(NC(C)=O)c3c2O)c(S(=O)(=O)O)c1. The van der Waals surface area contributed by atoms with E-state index in [1.807, 2.05) is 0 Å². The first-order chi connectivity index (χ1) is 16.9. The molecule has 0 spiro atoms. The number of benzene rings is 3. The van der Waals surface area contributed by atoms with E-state index in [2.05, 4.69) is 15.5 Å². The molecule has 15 nitrogen and oxygen atoms in total. The zero-order valence-electron chi connectivity index (χ0n) is 18.6. The van der Waals surface area contributed by atoms with Gasteiger partial charge in [-0.25, -0.2) is 0 Å². The van der Waals surface area contributed by atoms with Crippen LogP contribution in [0.2, 0.25) is 0 Å². The van der Waals surface area contributed by atoms with Crippen molar-refractivity contribution < 1.29 is 53.5 Å². The molecule has 0 saturated heterocycles. The van der Waals surface area contributed by atoms with Crippen LogP contribution in [0.1, 0.15) is 6.92 Å². The van der Waals surface area contributed by atoms with E-state index in [1.54, 1.807) is 0 Å². The van der Waals surface area contributed by atoms with Gasteiger partial charge >= 0.3 is 0 Å². The largest absolute Gasteiger partial charge is 0.505 e. The van der Waals surface area contributed by atoms with Crippen LogP contribution in [0.5, 0.6) is 11.5 Å². The van der Waals surface area contributed by atoms with Crippen LogP contribution >= 0.6 is 0 Å². The number of aromatic hydroxyl groups is 1. The average Bonchev–Trinajstić information content (AvgIpc) is 2.75. The normalized spacial score (nSPS) is 12.7. The third-order valence-corrected chi connectivity index (χ3v) is 7.29. The molecule has 0 aliphatic carbocycles. The Balaban J connectivity index is 2.42. The van der Waals surface area contributed by atoms with Crippen molar-refractivity contribution in [1.29, 1.82) is 0 Å². The van der Waals surface area contributed by atoms with Gasteiger partial charge in [-0.05, 0) is 35.7 Å². The summed E-state index contributed by atoms with van der Waals surface area (Å²) in [5, 5.41) is 19.5. The van der Waals surface area contributed by atoms with E-state index in [-0.39, 0.29) is 16.5 Å². The molecule has 0 saturated carbocycles. The maximum absolute atomic E-state index is 12.1. The van der Waals surface area contributed by atoms with E-state index < -0.39 is 73.8 Å². The number of methoxy groups -OCH3 is 1. The third-order valence-electron chi connectivity index (χ3n) is 4.71. The van der Waals surface area contributed by atoms with E-state index >= 15 is 0 Å². The van der Waals surface area contributed by atoms with E-state index in [1.165, 1.54) is 13.2 Å². The quantitative estimate of drug-likeness (QED) is 0.201. The molecule has 0 fully saturated rings. The molecule has 37 heavy (non-hydrogen) atoms. The Morgan fingerprint density at radius 3 is 2.00 bits per heavy atom. The zero-order chi connectivity index (χ0) is 27.9. The molecule has 0 aromatic heterocycles. The molecule has 1 amide bonds. The fourth-order valence-corrected chi connectivity index (χ4v) is 5.04. The molecule has 3 aromatic carbocycles. The van der Waals surface area contributed by atoms with E-state index in [0.29, 0.717) is 6.07 Å². The molecule has 0 bridgehead atoms. The van der Waals surface area contributed by atoms with E-state index in [0.717, 1.165) is 31.2 Å². The number of rotatable bonds is 7. The van der Waals surface area contributed by atoms with Gasteiger partial charge in [0.05, 0.1) is 17.7 Å². The van der Waals surface area contributed by atoms with Crippen molar-refractivity contribution in [2.45, 2.75) is 21.6 Å². The number of hydrogen-bond acceptors (Lipinski definition) is 11. The molecule has 0 unspecified atom stereocenters. The lowest BCUT2D eigenvalue weighted by Crippen LogP contribution is -2.08. The minimum atomic E-state index is -5.19. The van der Waals surface area contributed by atoms with E-state index in [9.17, 15) is 48.8 Å². The van der Waals surface area contributed by atoms with Crippen LogP contribution in [0.25, 0.3) is 10.8 Å². The summed E-state index contributed by atoms with van der Waals surface area (Å²) in [5.74, 6) is -1.76. The second-order valence-electron chi connectivity index (χ2n) is 7.28. The van der Waals surface area contributed by atoms with Crippen LogP contribution in [0.15, 0.2) is 61.3 Å². The fourth-order valence-electron chi connectivity index (χ4n) is 3.20. The van der Waals surface area contributed by atoms with Crippen LogP contribution < -0.4 is 10.1 Å². The fraction of sp³-hybridized carbons (Fsp3) is 0.105. The number of anilines is 1. The highest BCUT2D eigenvalue weighted by Crippen LogP contribution is 2.45. The summed E-state index contributed by atoms with van der Waals surface area (Å²) in [7, 11) is -13.7. The Labute approximate surface area is 209 Å². The van der Waals surface area contributed by atoms with Gasteiger partial charge in [0.15, 0.2) is 5.75 Å². The van der Waals surface area contributed by atoms with E-state index in [4.69, 9.17) is 4.74 Å². The topological polar surface area (TPSA) is 246 Å². The smallest absolute Gasteiger partial charge is 0.296 e. The number of phenolic OH excluding ortho intramolecular Hbond substituents is 1. The van der Waals surface area contributed by atoms with Crippen LogP contribution in [-0.2, 0) is 35.1 Å². The molecule has 0 aliphatic heterocycles. The van der Waals surface area contributed by atoms with Gasteiger partial charge in [0.25, 0.3) is 30.4 Å². The number of fused-ring (bicyclic) bond motifs is 1. The second-order valence-corrected chi connectivity index (χ2v) is 11.5. The zero-order valence-corrected chi connectivity index (χ0v) is 21.1. The number of hydrogen-bond donors (Lipinski definition) is 5. The minimum Gasteiger partial charge on any atom is -0.505 e. The van der Waals surface area contributed by atoms with Crippen molar-refractivity contribution in [3.05, 3.63) is 36.4 Å². The Hall–Kier alpha value is -3.68. The number of azo groups is 1. The number of nitrogens with one attached hydrogen (secondary N) is 1.